The summed E-state index contributed by atoms with van der Waals surface area (Å²) in [6.07, 6.45) is 0. The lowest BCUT2D eigenvalue weighted by Gasteiger charge is -2.08. The van der Waals surface area contributed by atoms with E-state index in [9.17, 15) is 10.1 Å². The lowest BCUT2D eigenvalue weighted by Crippen LogP contribution is -2.13. The van der Waals surface area contributed by atoms with Crippen LogP contribution in [0.2, 0.25) is 0 Å². The summed E-state index contributed by atoms with van der Waals surface area (Å²) >= 11 is 1.47. The normalized spacial score (nSPS) is 11.4. The number of hydrogen-bond acceptors (Lipinski definition) is 5. The summed E-state index contributed by atoms with van der Waals surface area (Å²) in [7, 11) is 0. The predicted octanol–water partition coefficient (Wildman–Crippen LogP) is 4.41. The van der Waals surface area contributed by atoms with Crippen LogP contribution < -0.4 is 4.80 Å². The van der Waals surface area contributed by atoms with Crippen molar-refractivity contribution in [1.82, 2.24) is 4.57 Å². The summed E-state index contributed by atoms with van der Waals surface area (Å²) in [5.41, 5.74) is 3.68. The van der Waals surface area contributed by atoms with Gasteiger partial charge in [-0.1, -0.05) is 18.2 Å². The average Bonchev–Trinajstić information content (AvgIpc) is 3.04. The Bertz CT molecular complexity index is 982. The molecule has 0 aliphatic rings. The van der Waals surface area contributed by atoms with Crippen molar-refractivity contribution in [2.45, 2.75) is 13.8 Å². The highest BCUT2D eigenvalue weighted by atomic mass is 32.1. The van der Waals surface area contributed by atoms with Crippen LogP contribution >= 0.6 is 11.3 Å². The average molecular weight is 352 g/mol. The minimum atomic E-state index is -0.401. The molecule has 0 spiro atoms. The summed E-state index contributed by atoms with van der Waals surface area (Å²) < 4.78 is 2.00. The van der Waals surface area contributed by atoms with Crippen LogP contribution in [0.5, 0.6) is 0 Å². The Morgan fingerprint density at radius 3 is 2.36 bits per heavy atom. The van der Waals surface area contributed by atoms with Crippen molar-refractivity contribution in [2.75, 3.05) is 0 Å². The highest BCUT2D eigenvalue weighted by Gasteiger charge is 2.12. The molecule has 0 amide bonds. The summed E-state index contributed by atoms with van der Waals surface area (Å²) in [5, 5.41) is 21.3. The molecule has 1 aromatic heterocycles. The molecule has 1 heterocycles. The maximum absolute atomic E-state index is 10.9. The molecule has 25 heavy (non-hydrogen) atoms. The number of benzene rings is 2. The van der Waals surface area contributed by atoms with Gasteiger partial charge in [0.2, 0.25) is 4.80 Å². The van der Waals surface area contributed by atoms with Crippen LogP contribution in [-0.2, 0) is 0 Å². The number of non-ortho nitro benzene ring substituents is 1. The molecule has 0 bridgehead atoms. The van der Waals surface area contributed by atoms with E-state index < -0.39 is 4.92 Å². The van der Waals surface area contributed by atoms with Crippen molar-refractivity contribution in [1.29, 1.82) is 0 Å². The van der Waals surface area contributed by atoms with Gasteiger partial charge in [0.05, 0.1) is 10.6 Å². The highest BCUT2D eigenvalue weighted by Crippen LogP contribution is 2.25. The van der Waals surface area contributed by atoms with E-state index >= 15 is 0 Å². The van der Waals surface area contributed by atoms with Gasteiger partial charge in [-0.15, -0.1) is 16.4 Å². The monoisotopic (exact) mass is 352 g/mol. The number of aromatic nitrogens is 1. The maximum atomic E-state index is 10.9. The summed E-state index contributed by atoms with van der Waals surface area (Å²) in [5.74, 6) is 0. The lowest BCUT2D eigenvalue weighted by atomic mass is 10.1. The Hall–Kier alpha value is -3.06. The molecule has 0 saturated heterocycles. The maximum Gasteiger partial charge on any atom is 0.269 e. The van der Waals surface area contributed by atoms with Gasteiger partial charge in [-0.05, 0) is 43.7 Å². The number of nitro benzene ring substituents is 1. The third-order valence-corrected chi connectivity index (χ3v) is 4.25. The van der Waals surface area contributed by atoms with E-state index in [2.05, 4.69) is 10.2 Å². The molecule has 0 atom stereocenters. The molecule has 0 radical (unpaired) electrons. The molecule has 3 aromatic rings. The standard InChI is InChI=1S/C18H16N4O2S/c1-13(2)19-20-18-21(15-6-4-3-5-7-15)17(12-25-18)14-8-10-16(11-9-14)22(23)24/h3-12H,1-2H3/b20-18+. The Balaban J connectivity index is 2.19. The van der Waals surface area contributed by atoms with Crippen molar-refractivity contribution in [3.8, 4) is 16.9 Å². The molecule has 126 valence electrons. The van der Waals surface area contributed by atoms with Gasteiger partial charge in [0, 0.05) is 28.9 Å². The van der Waals surface area contributed by atoms with Crippen LogP contribution in [0.4, 0.5) is 5.69 Å². The first kappa shape index (κ1) is 16.8. The molecule has 0 saturated carbocycles. The Kier molecular flexibility index (Phi) is 4.85. The lowest BCUT2D eigenvalue weighted by molar-refractivity contribution is -0.384. The van der Waals surface area contributed by atoms with Crippen LogP contribution in [0.1, 0.15) is 13.8 Å². The van der Waals surface area contributed by atoms with Crippen molar-refractivity contribution in [3.63, 3.8) is 0 Å². The van der Waals surface area contributed by atoms with Crippen molar-refractivity contribution < 1.29 is 4.92 Å². The molecule has 0 fully saturated rings. The zero-order valence-electron chi connectivity index (χ0n) is 13.8. The number of para-hydroxylation sites is 1. The molecule has 0 aliphatic carbocycles. The van der Waals surface area contributed by atoms with Gasteiger partial charge in [-0.2, -0.15) is 5.10 Å². The zero-order valence-corrected chi connectivity index (χ0v) is 14.6. The van der Waals surface area contributed by atoms with Crippen LogP contribution in [0.15, 0.2) is 70.2 Å². The molecule has 0 unspecified atom stereocenters. The quantitative estimate of drug-likeness (QED) is 0.396. The number of rotatable bonds is 4. The van der Waals surface area contributed by atoms with Crippen molar-refractivity contribution >= 4 is 22.7 Å². The first-order valence-electron chi connectivity index (χ1n) is 7.62. The SMILES string of the molecule is CC(C)=N/N=c1/scc(-c2ccc([N+](=O)[O-])cc2)n1-c1ccccc1. The number of hydrogen-bond donors (Lipinski definition) is 0. The fourth-order valence-electron chi connectivity index (χ4n) is 2.31. The minimum Gasteiger partial charge on any atom is -0.284 e. The summed E-state index contributed by atoms with van der Waals surface area (Å²) in [6, 6.07) is 16.4. The van der Waals surface area contributed by atoms with Gasteiger partial charge in [-0.3, -0.25) is 14.7 Å². The number of nitro groups is 1. The zero-order chi connectivity index (χ0) is 17.8. The minimum absolute atomic E-state index is 0.0707. The van der Waals surface area contributed by atoms with Crippen LogP contribution in [0.25, 0.3) is 16.9 Å². The fourth-order valence-corrected chi connectivity index (χ4v) is 3.16. The number of nitrogens with zero attached hydrogens (tertiary/aromatic N) is 4. The topological polar surface area (TPSA) is 72.8 Å². The van der Waals surface area contributed by atoms with E-state index in [1.54, 1.807) is 12.1 Å². The van der Waals surface area contributed by atoms with E-state index in [1.165, 1.54) is 23.5 Å². The van der Waals surface area contributed by atoms with E-state index in [0.29, 0.717) is 0 Å². The van der Waals surface area contributed by atoms with E-state index in [0.717, 1.165) is 27.5 Å². The Morgan fingerprint density at radius 1 is 1.08 bits per heavy atom. The molecular weight excluding hydrogens is 336 g/mol. The highest BCUT2D eigenvalue weighted by molar-refractivity contribution is 7.07. The predicted molar refractivity (Wildman–Crippen MR) is 100 cm³/mol. The molecule has 3 rings (SSSR count). The molecule has 2 aromatic carbocycles. The van der Waals surface area contributed by atoms with E-state index in [1.807, 2.05) is 54.1 Å². The van der Waals surface area contributed by atoms with Crippen LogP contribution in [-0.4, -0.2) is 15.2 Å². The van der Waals surface area contributed by atoms with Crippen LogP contribution in [0, 0.1) is 10.1 Å². The Morgan fingerprint density at radius 2 is 1.76 bits per heavy atom. The fraction of sp³-hybridized carbons (Fsp3) is 0.111. The van der Waals surface area contributed by atoms with Gasteiger partial charge < -0.3 is 0 Å². The molecular formula is C18H16N4O2S. The van der Waals surface area contributed by atoms with Gasteiger partial charge in [-0.25, -0.2) is 0 Å². The third kappa shape index (κ3) is 3.72. The van der Waals surface area contributed by atoms with Gasteiger partial charge in [0.25, 0.3) is 5.69 Å². The third-order valence-electron chi connectivity index (χ3n) is 3.43. The van der Waals surface area contributed by atoms with E-state index in [4.69, 9.17) is 0 Å². The van der Waals surface area contributed by atoms with Gasteiger partial charge in [0.15, 0.2) is 0 Å². The second kappa shape index (κ2) is 7.23. The first-order valence-corrected chi connectivity index (χ1v) is 8.50. The smallest absolute Gasteiger partial charge is 0.269 e. The molecule has 7 heteroatoms. The van der Waals surface area contributed by atoms with Gasteiger partial charge in [0.1, 0.15) is 0 Å². The van der Waals surface area contributed by atoms with Crippen molar-refractivity contribution in [2.24, 2.45) is 10.2 Å². The first-order chi connectivity index (χ1) is 12.1. The summed E-state index contributed by atoms with van der Waals surface area (Å²) in [4.78, 5) is 11.2. The molecule has 6 nitrogen and oxygen atoms in total. The second-order valence-electron chi connectivity index (χ2n) is 5.53. The van der Waals surface area contributed by atoms with Crippen LogP contribution in [0.3, 0.4) is 0 Å². The second-order valence-corrected chi connectivity index (χ2v) is 6.36. The summed E-state index contributed by atoms with van der Waals surface area (Å²) in [6.45, 7) is 3.78. The van der Waals surface area contributed by atoms with Gasteiger partial charge >= 0.3 is 0 Å². The molecule has 0 N–H and O–H groups in total. The van der Waals surface area contributed by atoms with E-state index in [-0.39, 0.29) is 5.69 Å². The largest absolute Gasteiger partial charge is 0.284 e. The Labute approximate surface area is 148 Å². The van der Waals surface area contributed by atoms with Crippen molar-refractivity contribution in [3.05, 3.63) is 74.9 Å². The molecule has 0 aliphatic heterocycles. The number of thiazole rings is 1.